The zero-order chi connectivity index (χ0) is 55.3. The molecule has 0 saturated carbocycles. The second kappa shape index (κ2) is 24.8. The number of aliphatic hydroxyl groups is 1. The lowest BCUT2D eigenvalue weighted by atomic mass is 9.76. The number of hydrogen-bond donors (Lipinski definition) is 1. The van der Waals surface area contributed by atoms with Crippen LogP contribution in [0, 0.1) is 5.41 Å². The van der Waals surface area contributed by atoms with E-state index in [4.69, 9.17) is 27.5 Å². The molecule has 0 bridgehead atoms. The van der Waals surface area contributed by atoms with Gasteiger partial charge >= 0.3 is 0 Å². The molecule has 4 aromatic carbocycles. The molecule has 0 unspecified atom stereocenters. The normalized spacial score (nSPS) is 23.1. The van der Waals surface area contributed by atoms with E-state index in [1.807, 2.05) is 0 Å². The smallest absolute Gasteiger partial charge is 0.261 e. The van der Waals surface area contributed by atoms with Crippen molar-refractivity contribution in [3.63, 3.8) is 0 Å². The average Bonchev–Trinajstić information content (AvgIpc) is 3.41. The van der Waals surface area contributed by atoms with E-state index in [0.717, 1.165) is 43.6 Å². The lowest BCUT2D eigenvalue weighted by Crippen LogP contribution is -2.66. The van der Waals surface area contributed by atoms with Crippen molar-refractivity contribution in [1.82, 2.24) is 0 Å². The summed E-state index contributed by atoms with van der Waals surface area (Å²) in [7, 11) is -7.78. The fourth-order valence-corrected chi connectivity index (χ4v) is 26.6. The van der Waals surface area contributed by atoms with E-state index in [1.54, 1.807) is 0 Å². The molecule has 12 heteroatoms. The largest absolute Gasteiger partial charge is 0.413 e. The molecule has 0 amide bonds. The Balaban J connectivity index is 1.15. The molecule has 3 heterocycles. The lowest BCUT2D eigenvalue weighted by Gasteiger charge is -2.56. The highest BCUT2D eigenvalue weighted by Gasteiger charge is 2.57. The molecule has 7 rings (SSSR count). The van der Waals surface area contributed by atoms with Crippen LogP contribution in [0.15, 0.2) is 133 Å². The fourth-order valence-electron chi connectivity index (χ4n) is 12.3. The molecule has 418 valence electrons. The second-order valence-electron chi connectivity index (χ2n) is 26.6. The minimum Gasteiger partial charge on any atom is -0.413 e. The zero-order valence-corrected chi connectivity index (χ0v) is 53.8. The van der Waals surface area contributed by atoms with Gasteiger partial charge in [-0.25, -0.2) is 0 Å². The van der Waals surface area contributed by atoms with Gasteiger partial charge in [0.1, 0.15) is 0 Å². The Morgan fingerprint density at radius 2 is 1.07 bits per heavy atom. The summed E-state index contributed by atoms with van der Waals surface area (Å²) in [5.41, 5.74) is 1.00. The van der Waals surface area contributed by atoms with Crippen molar-refractivity contribution >= 4 is 69.2 Å². The minimum atomic E-state index is -2.74. The summed E-state index contributed by atoms with van der Waals surface area (Å²) in [5, 5.41) is 15.8. The first-order valence-electron chi connectivity index (χ1n) is 28.4. The van der Waals surface area contributed by atoms with E-state index >= 15 is 0 Å². The maximum absolute atomic E-state index is 10.9. The molecular formula is C64H96O7S2Si3. The molecule has 1 N–H and O–H groups in total. The molecule has 0 spiro atoms. The Kier molecular flexibility index (Phi) is 20.0. The number of thioether (sulfide) groups is 2. The van der Waals surface area contributed by atoms with Crippen LogP contribution in [0.5, 0.6) is 0 Å². The number of hydrogen-bond acceptors (Lipinski definition) is 9. The van der Waals surface area contributed by atoms with E-state index < -0.39 is 30.7 Å². The predicted octanol–water partition coefficient (Wildman–Crippen LogP) is 13.7. The highest BCUT2D eigenvalue weighted by molar-refractivity contribution is 8.18. The molecule has 3 fully saturated rings. The highest BCUT2D eigenvalue weighted by Crippen LogP contribution is 2.60. The van der Waals surface area contributed by atoms with Gasteiger partial charge < -0.3 is 32.6 Å². The standard InChI is InChI=1S/C64H96O7S2Si3/c1-59(2,3)74(14,15)71-58(46-51-45-50(69-63(12,13)70-51)38-40-67-76(61(7,8)9,56-33-24-18-25-34-56)57-35-26-19-27-36-57)62(10,11)64(72-41-28-42-73-64)47-52-43-49(44-53(48-65)68-52)37-39-66-75(60(4,5)6,54-29-20-16-21-30-54)55-31-22-17-23-32-55/h16-27,29-37,50-53,58,65H,28,38-48H2,1-15H3/b49-37-/t50-,51+,52-,53+,58-/m0/s1. The maximum atomic E-state index is 10.9. The van der Waals surface area contributed by atoms with E-state index in [2.05, 4.69) is 254 Å². The van der Waals surface area contributed by atoms with E-state index in [9.17, 15) is 5.11 Å². The summed E-state index contributed by atoms with van der Waals surface area (Å²) in [6, 6.07) is 43.7. The molecule has 0 aliphatic carbocycles. The number of ether oxygens (including phenoxy) is 3. The summed E-state index contributed by atoms with van der Waals surface area (Å²) in [6.45, 7) is 36.1. The average molecular weight is 1130 g/mol. The Labute approximate surface area is 472 Å². The highest BCUT2D eigenvalue weighted by atomic mass is 32.2. The van der Waals surface area contributed by atoms with Gasteiger partial charge in [-0.3, -0.25) is 0 Å². The molecule has 4 aromatic rings. The zero-order valence-electron chi connectivity index (χ0n) is 49.2. The van der Waals surface area contributed by atoms with Crippen LogP contribution in [0.4, 0.5) is 0 Å². The predicted molar refractivity (Wildman–Crippen MR) is 331 cm³/mol. The van der Waals surface area contributed by atoms with Gasteiger partial charge in [0.2, 0.25) is 0 Å². The van der Waals surface area contributed by atoms with E-state index in [1.165, 1.54) is 32.7 Å². The van der Waals surface area contributed by atoms with Gasteiger partial charge in [0, 0.05) is 18.4 Å². The number of aliphatic hydroxyl groups excluding tert-OH is 1. The number of rotatable bonds is 20. The third kappa shape index (κ3) is 13.7. The number of benzene rings is 4. The van der Waals surface area contributed by atoms with Crippen molar-refractivity contribution in [1.29, 1.82) is 0 Å². The molecule has 0 radical (unpaired) electrons. The first-order chi connectivity index (χ1) is 35.7. The Bertz CT molecular complexity index is 2370. The van der Waals surface area contributed by atoms with Crippen molar-refractivity contribution < 1.29 is 32.6 Å². The van der Waals surface area contributed by atoms with Gasteiger partial charge in [-0.05, 0) is 113 Å². The van der Waals surface area contributed by atoms with Crippen LogP contribution in [-0.2, 0) is 27.5 Å². The van der Waals surface area contributed by atoms with Gasteiger partial charge in [-0.2, -0.15) is 0 Å². The molecule has 76 heavy (non-hydrogen) atoms. The second-order valence-corrected chi connectivity index (χ2v) is 43.0. The molecule has 0 aromatic heterocycles. The lowest BCUT2D eigenvalue weighted by molar-refractivity contribution is -0.305. The third-order valence-electron chi connectivity index (χ3n) is 17.2. The molecule has 3 saturated heterocycles. The van der Waals surface area contributed by atoms with Crippen LogP contribution in [0.1, 0.15) is 135 Å². The Morgan fingerprint density at radius 3 is 1.51 bits per heavy atom. The summed E-state index contributed by atoms with van der Waals surface area (Å²) in [6.07, 6.45) is 7.57. The fraction of sp³-hybridized carbons (Fsp3) is 0.594. The van der Waals surface area contributed by atoms with Crippen LogP contribution in [0.3, 0.4) is 0 Å². The SMILES string of the molecule is CC1(C)O[C@@H](C[C@H](O[Si](C)(C)C(C)(C)C)C(C)(C)C2(C[C@@H]3C/C(=C/CO[Si](c4ccccc4)(c4ccccc4)C(C)(C)C)C[C@H](CO)O3)SCCCS2)C[C@H](CCO[Si](c2ccccc2)(c2ccccc2)C(C)(C)C)O1. The first-order valence-corrected chi connectivity index (χ1v) is 37.1. The molecule has 7 nitrogen and oxygen atoms in total. The molecule has 3 aliphatic rings. The Morgan fingerprint density at radius 1 is 0.618 bits per heavy atom. The van der Waals surface area contributed by atoms with Crippen molar-refractivity contribution in [3.8, 4) is 0 Å². The van der Waals surface area contributed by atoms with E-state index in [-0.39, 0.29) is 61.7 Å². The minimum absolute atomic E-state index is 0.00895. The summed E-state index contributed by atoms with van der Waals surface area (Å²) in [4.78, 5) is 0. The van der Waals surface area contributed by atoms with Crippen LogP contribution in [0.2, 0.25) is 28.2 Å². The van der Waals surface area contributed by atoms with E-state index in [0.29, 0.717) is 19.6 Å². The summed E-state index contributed by atoms with van der Waals surface area (Å²) in [5.74, 6) is 1.40. The molecular weight excluding hydrogens is 1030 g/mol. The van der Waals surface area contributed by atoms with Gasteiger partial charge in [-0.1, -0.05) is 209 Å². The first kappa shape index (κ1) is 61.3. The van der Waals surface area contributed by atoms with Crippen molar-refractivity contribution in [2.45, 2.75) is 204 Å². The topological polar surface area (TPSA) is 75.6 Å². The van der Waals surface area contributed by atoms with Gasteiger partial charge in [0.15, 0.2) is 14.1 Å². The quantitative estimate of drug-likeness (QED) is 0.0688. The maximum Gasteiger partial charge on any atom is 0.261 e. The van der Waals surface area contributed by atoms with Gasteiger partial charge in [0.25, 0.3) is 16.6 Å². The van der Waals surface area contributed by atoms with Crippen molar-refractivity contribution in [2.24, 2.45) is 5.41 Å². The Hall–Kier alpha value is -2.31. The third-order valence-corrected chi connectivity index (χ3v) is 35.8. The van der Waals surface area contributed by atoms with Crippen molar-refractivity contribution in [3.05, 3.63) is 133 Å². The molecule has 5 atom stereocenters. The summed E-state index contributed by atoms with van der Waals surface area (Å²) < 4.78 is 43.3. The van der Waals surface area contributed by atoms with Crippen LogP contribution < -0.4 is 20.7 Å². The van der Waals surface area contributed by atoms with Gasteiger partial charge in [-0.15, -0.1) is 23.5 Å². The van der Waals surface area contributed by atoms with Crippen molar-refractivity contribution in [2.75, 3.05) is 31.3 Å². The monoisotopic (exact) mass is 1120 g/mol. The van der Waals surface area contributed by atoms with Crippen LogP contribution >= 0.6 is 23.5 Å². The van der Waals surface area contributed by atoms with Gasteiger partial charge in [0.05, 0.1) is 47.8 Å². The van der Waals surface area contributed by atoms with Crippen LogP contribution in [0.25, 0.3) is 0 Å². The molecule has 3 aliphatic heterocycles. The summed E-state index contributed by atoms with van der Waals surface area (Å²) >= 11 is 4.23. The van der Waals surface area contributed by atoms with Crippen LogP contribution in [-0.4, -0.2) is 102 Å².